The zero-order chi connectivity index (χ0) is 20.4. The molecule has 1 aliphatic heterocycles. The zero-order valence-electron chi connectivity index (χ0n) is 14.8. The van der Waals surface area contributed by atoms with Crippen LogP contribution < -0.4 is 0 Å². The van der Waals surface area contributed by atoms with Gasteiger partial charge >= 0.3 is 5.97 Å². The number of benzene rings is 1. The number of hydrogen-bond acceptors (Lipinski definition) is 8. The van der Waals surface area contributed by atoms with E-state index in [0.29, 0.717) is 28.8 Å². The molecule has 3 rings (SSSR count). The summed E-state index contributed by atoms with van der Waals surface area (Å²) in [4.78, 5) is 47.0. The second-order valence-electron chi connectivity index (χ2n) is 5.80. The molecule has 1 aliphatic rings. The molecule has 1 aromatic heterocycles. The highest BCUT2D eigenvalue weighted by molar-refractivity contribution is 8.18. The van der Waals surface area contributed by atoms with E-state index in [0.717, 1.165) is 17.6 Å². The molecule has 144 valence electrons. The minimum atomic E-state index is -0.704. The van der Waals surface area contributed by atoms with Crippen LogP contribution in [0.1, 0.15) is 11.3 Å². The van der Waals surface area contributed by atoms with Crippen LogP contribution in [0.5, 0.6) is 0 Å². The molecule has 0 saturated carbocycles. The SMILES string of the molecule is COC(=O)CN1C(=O)S/C(=C\c2ccc(-c3cc([N+](=O)[O-])ccc3C)o2)C1=O. The highest BCUT2D eigenvalue weighted by atomic mass is 32.2. The summed E-state index contributed by atoms with van der Waals surface area (Å²) in [6.07, 6.45) is 1.39. The number of amides is 2. The molecule has 1 fully saturated rings. The number of nitrogens with zero attached hydrogens (tertiary/aromatic N) is 2. The first-order valence-corrected chi connectivity index (χ1v) is 8.79. The molecule has 0 radical (unpaired) electrons. The second kappa shape index (κ2) is 7.69. The number of nitro benzene ring substituents is 1. The zero-order valence-corrected chi connectivity index (χ0v) is 15.6. The van der Waals surface area contributed by atoms with Crippen LogP contribution in [0, 0.1) is 17.0 Å². The van der Waals surface area contributed by atoms with Crippen molar-refractivity contribution in [3.8, 4) is 11.3 Å². The molecule has 28 heavy (non-hydrogen) atoms. The first kappa shape index (κ1) is 19.4. The number of ether oxygens (including phenoxy) is 1. The number of nitro groups is 1. The lowest BCUT2D eigenvalue weighted by Crippen LogP contribution is -2.34. The van der Waals surface area contributed by atoms with E-state index in [1.165, 1.54) is 18.2 Å². The van der Waals surface area contributed by atoms with Crippen LogP contribution in [0.4, 0.5) is 10.5 Å². The van der Waals surface area contributed by atoms with Crippen LogP contribution in [0.25, 0.3) is 17.4 Å². The van der Waals surface area contributed by atoms with Gasteiger partial charge in [-0.3, -0.25) is 29.4 Å². The molecule has 2 amide bonds. The van der Waals surface area contributed by atoms with Crippen molar-refractivity contribution in [2.24, 2.45) is 0 Å². The fourth-order valence-electron chi connectivity index (χ4n) is 2.52. The van der Waals surface area contributed by atoms with Gasteiger partial charge in [-0.2, -0.15) is 0 Å². The summed E-state index contributed by atoms with van der Waals surface area (Å²) in [5.74, 6) is -0.638. The Hall–Kier alpha value is -3.40. The molecule has 0 unspecified atom stereocenters. The topological polar surface area (TPSA) is 120 Å². The Morgan fingerprint density at radius 3 is 2.75 bits per heavy atom. The van der Waals surface area contributed by atoms with Crippen molar-refractivity contribution in [3.05, 3.63) is 56.7 Å². The monoisotopic (exact) mass is 402 g/mol. The number of thioether (sulfide) groups is 1. The maximum Gasteiger partial charge on any atom is 0.325 e. The third-order valence-electron chi connectivity index (χ3n) is 3.99. The fraction of sp³-hybridized carbons (Fsp3) is 0.167. The van der Waals surface area contributed by atoms with E-state index in [9.17, 15) is 24.5 Å². The van der Waals surface area contributed by atoms with Crippen molar-refractivity contribution in [3.63, 3.8) is 0 Å². The van der Waals surface area contributed by atoms with Gasteiger partial charge in [0.15, 0.2) is 0 Å². The largest absolute Gasteiger partial charge is 0.468 e. The summed E-state index contributed by atoms with van der Waals surface area (Å²) in [7, 11) is 1.16. The van der Waals surface area contributed by atoms with Gasteiger partial charge in [0.25, 0.3) is 16.8 Å². The number of aryl methyl sites for hydroxylation is 1. The predicted molar refractivity (Wildman–Crippen MR) is 100 cm³/mol. The molecule has 0 atom stereocenters. The van der Waals surface area contributed by atoms with Gasteiger partial charge in [0.05, 0.1) is 16.9 Å². The molecule has 9 nitrogen and oxygen atoms in total. The highest BCUT2D eigenvalue weighted by Crippen LogP contribution is 2.34. The minimum absolute atomic E-state index is 0.0671. The molecule has 2 aromatic rings. The van der Waals surface area contributed by atoms with E-state index in [4.69, 9.17) is 4.42 Å². The number of rotatable bonds is 5. The van der Waals surface area contributed by atoms with Crippen molar-refractivity contribution in [2.45, 2.75) is 6.92 Å². The van der Waals surface area contributed by atoms with E-state index in [1.54, 1.807) is 25.1 Å². The number of imide groups is 1. The minimum Gasteiger partial charge on any atom is -0.468 e. The quantitative estimate of drug-likeness (QED) is 0.323. The molecule has 0 bridgehead atoms. The molecule has 0 N–H and O–H groups in total. The van der Waals surface area contributed by atoms with Crippen LogP contribution in [0.3, 0.4) is 0 Å². The summed E-state index contributed by atoms with van der Waals surface area (Å²) in [5.41, 5.74) is 1.26. The van der Waals surface area contributed by atoms with Gasteiger partial charge < -0.3 is 9.15 Å². The molecule has 2 heterocycles. The van der Waals surface area contributed by atoms with Crippen molar-refractivity contribution < 1.29 is 28.5 Å². The van der Waals surface area contributed by atoms with Crippen LogP contribution >= 0.6 is 11.8 Å². The average Bonchev–Trinajstić information content (AvgIpc) is 3.22. The van der Waals surface area contributed by atoms with Crippen LogP contribution in [0.15, 0.2) is 39.7 Å². The van der Waals surface area contributed by atoms with E-state index in [1.807, 2.05) is 0 Å². The molecule has 10 heteroatoms. The maximum absolute atomic E-state index is 12.3. The molecular formula is C18H14N2O7S. The number of carbonyl (C=O) groups is 3. The standard InChI is InChI=1S/C18H14N2O7S/c1-10-3-4-11(20(24)25)7-13(10)14-6-5-12(27-14)8-15-17(22)19(18(23)28-15)9-16(21)26-2/h3-8H,9H2,1-2H3/b15-8-. The summed E-state index contributed by atoms with van der Waals surface area (Å²) in [5, 5.41) is 10.4. The smallest absolute Gasteiger partial charge is 0.325 e. The number of hydrogen-bond donors (Lipinski definition) is 0. The Morgan fingerprint density at radius 1 is 1.32 bits per heavy atom. The fourth-order valence-corrected chi connectivity index (χ4v) is 3.34. The van der Waals surface area contributed by atoms with Gasteiger partial charge in [-0.25, -0.2) is 0 Å². The predicted octanol–water partition coefficient (Wildman–Crippen LogP) is 3.37. The molecule has 0 spiro atoms. The first-order valence-electron chi connectivity index (χ1n) is 7.97. The van der Waals surface area contributed by atoms with Crippen molar-refractivity contribution in [1.82, 2.24) is 4.90 Å². The molecule has 1 aromatic carbocycles. The first-order chi connectivity index (χ1) is 13.3. The Balaban J connectivity index is 1.86. The number of non-ortho nitro benzene ring substituents is 1. The summed E-state index contributed by atoms with van der Waals surface area (Å²) < 4.78 is 10.2. The third kappa shape index (κ3) is 3.81. The molecule has 0 aliphatic carbocycles. The maximum atomic E-state index is 12.3. The Labute approximate surface area is 163 Å². The van der Waals surface area contributed by atoms with E-state index < -0.39 is 28.6 Å². The van der Waals surface area contributed by atoms with Gasteiger partial charge in [0.2, 0.25) is 0 Å². The highest BCUT2D eigenvalue weighted by Gasteiger charge is 2.36. The average molecular weight is 402 g/mol. The summed E-state index contributed by atoms with van der Waals surface area (Å²) in [6.45, 7) is 1.33. The number of carbonyl (C=O) groups excluding carboxylic acids is 3. The number of esters is 1. The van der Waals surface area contributed by atoms with Gasteiger partial charge in [0, 0.05) is 23.8 Å². The molecular weight excluding hydrogens is 388 g/mol. The molecule has 1 saturated heterocycles. The van der Waals surface area contributed by atoms with E-state index in [-0.39, 0.29) is 10.6 Å². The lowest BCUT2D eigenvalue weighted by molar-refractivity contribution is -0.384. The van der Waals surface area contributed by atoms with Gasteiger partial charge in [-0.05, 0) is 36.4 Å². The summed E-state index contributed by atoms with van der Waals surface area (Å²) in [6, 6.07) is 7.63. The van der Waals surface area contributed by atoms with Crippen molar-refractivity contribution in [1.29, 1.82) is 0 Å². The van der Waals surface area contributed by atoms with Crippen LogP contribution in [0.2, 0.25) is 0 Å². The lowest BCUT2D eigenvalue weighted by Gasteiger charge is -2.09. The Morgan fingerprint density at radius 2 is 2.07 bits per heavy atom. The normalized spacial score (nSPS) is 15.4. The van der Waals surface area contributed by atoms with Crippen LogP contribution in [-0.4, -0.2) is 40.6 Å². The second-order valence-corrected chi connectivity index (χ2v) is 6.80. The Kier molecular flexibility index (Phi) is 5.32. The van der Waals surface area contributed by atoms with Gasteiger partial charge in [0.1, 0.15) is 18.1 Å². The van der Waals surface area contributed by atoms with E-state index >= 15 is 0 Å². The van der Waals surface area contributed by atoms with Crippen molar-refractivity contribution >= 4 is 40.6 Å². The number of furan rings is 1. The van der Waals surface area contributed by atoms with Gasteiger partial charge in [-0.15, -0.1) is 0 Å². The Bertz CT molecular complexity index is 1020. The third-order valence-corrected chi connectivity index (χ3v) is 4.89. The summed E-state index contributed by atoms with van der Waals surface area (Å²) >= 11 is 0.685. The van der Waals surface area contributed by atoms with Crippen molar-refractivity contribution in [2.75, 3.05) is 13.7 Å². The number of methoxy groups -OCH3 is 1. The van der Waals surface area contributed by atoms with E-state index in [2.05, 4.69) is 4.74 Å². The van der Waals surface area contributed by atoms with Crippen LogP contribution in [-0.2, 0) is 14.3 Å². The lowest BCUT2D eigenvalue weighted by atomic mass is 10.1. The van der Waals surface area contributed by atoms with Gasteiger partial charge in [-0.1, -0.05) is 6.07 Å².